The van der Waals surface area contributed by atoms with Crippen molar-refractivity contribution in [2.45, 2.75) is 51.5 Å². The number of fused-ring (bicyclic) bond motifs is 1. The second kappa shape index (κ2) is 11.7. The number of carbonyl (C=O) groups excluding carboxylic acids is 3. The molecule has 1 N–H and O–H groups in total. The number of benzene rings is 2. The Morgan fingerprint density at radius 2 is 1.78 bits per heavy atom. The van der Waals surface area contributed by atoms with E-state index in [-0.39, 0.29) is 43.8 Å². The minimum atomic E-state index is -0.679. The average molecular weight is 550 g/mol. The van der Waals surface area contributed by atoms with Gasteiger partial charge in [0, 0.05) is 20.1 Å². The number of amides is 4. The van der Waals surface area contributed by atoms with Gasteiger partial charge in [0.2, 0.25) is 11.8 Å². The van der Waals surface area contributed by atoms with Gasteiger partial charge in [-0.15, -0.1) is 0 Å². The van der Waals surface area contributed by atoms with Crippen LogP contribution in [0, 0.1) is 5.82 Å². The predicted octanol–water partition coefficient (Wildman–Crippen LogP) is 4.26. The second-order valence-electron chi connectivity index (χ2n) is 9.35. The quantitative estimate of drug-likeness (QED) is 0.559. The van der Waals surface area contributed by atoms with Crippen LogP contribution in [0.1, 0.15) is 37.3 Å². The molecule has 1 unspecified atom stereocenters. The van der Waals surface area contributed by atoms with Crippen LogP contribution in [0.5, 0.6) is 0 Å². The van der Waals surface area contributed by atoms with Crippen LogP contribution in [0.15, 0.2) is 42.5 Å². The van der Waals surface area contributed by atoms with Crippen LogP contribution >= 0.6 is 23.2 Å². The van der Waals surface area contributed by atoms with Crippen LogP contribution in [0.3, 0.4) is 0 Å². The maximum absolute atomic E-state index is 13.6. The standard InChI is InChI=1S/C26H30Cl2FN5O3/c1-3-4-5-22-25(36)32(14-18-8-11-20(27)21(28)12-18)15-23-33(22)24(35)16-31(2)34(23)26(37)30-13-17-6-9-19(29)10-7-17/h6-12,22-23H,3-5,13-16H2,1-2H3,(H,30,37)/t22-,23?/m0/s1. The van der Waals surface area contributed by atoms with E-state index in [4.69, 9.17) is 23.2 Å². The number of nitrogens with zero attached hydrogens (tertiary/aromatic N) is 4. The monoisotopic (exact) mass is 549 g/mol. The number of rotatable bonds is 7. The highest BCUT2D eigenvalue weighted by Gasteiger charge is 2.50. The molecule has 0 aliphatic carbocycles. The lowest BCUT2D eigenvalue weighted by Crippen LogP contribution is -2.75. The van der Waals surface area contributed by atoms with Gasteiger partial charge >= 0.3 is 6.03 Å². The van der Waals surface area contributed by atoms with Crippen molar-refractivity contribution < 1.29 is 18.8 Å². The Hall–Kier alpha value is -2.88. The van der Waals surface area contributed by atoms with Crippen molar-refractivity contribution in [3.63, 3.8) is 0 Å². The second-order valence-corrected chi connectivity index (χ2v) is 10.2. The Kier molecular flexibility index (Phi) is 8.56. The molecule has 0 bridgehead atoms. The Bertz CT molecular complexity index is 1170. The molecule has 2 fully saturated rings. The van der Waals surface area contributed by atoms with Crippen LogP contribution in [0.25, 0.3) is 0 Å². The summed E-state index contributed by atoms with van der Waals surface area (Å²) in [6.07, 6.45) is 1.46. The van der Waals surface area contributed by atoms with E-state index >= 15 is 0 Å². The molecule has 0 spiro atoms. The molecule has 2 aromatic carbocycles. The highest BCUT2D eigenvalue weighted by molar-refractivity contribution is 6.42. The molecule has 2 aromatic rings. The van der Waals surface area contributed by atoms with Crippen LogP contribution in [-0.4, -0.2) is 70.0 Å². The van der Waals surface area contributed by atoms with E-state index in [1.807, 2.05) is 6.92 Å². The largest absolute Gasteiger partial charge is 0.334 e. The van der Waals surface area contributed by atoms with E-state index in [9.17, 15) is 18.8 Å². The summed E-state index contributed by atoms with van der Waals surface area (Å²) < 4.78 is 13.3. The molecule has 0 aromatic heterocycles. The summed E-state index contributed by atoms with van der Waals surface area (Å²) in [5.74, 6) is -0.703. The molecule has 2 aliphatic heterocycles. The van der Waals surface area contributed by atoms with E-state index in [0.29, 0.717) is 16.5 Å². The fourth-order valence-electron chi connectivity index (χ4n) is 4.84. The molecule has 37 heavy (non-hydrogen) atoms. The fraction of sp³-hybridized carbons (Fsp3) is 0.423. The van der Waals surface area contributed by atoms with E-state index < -0.39 is 18.2 Å². The maximum Gasteiger partial charge on any atom is 0.334 e. The summed E-state index contributed by atoms with van der Waals surface area (Å²) in [4.78, 5) is 43.4. The van der Waals surface area contributed by atoms with E-state index in [0.717, 1.165) is 24.0 Å². The molecule has 4 rings (SSSR count). The number of carbonyl (C=O) groups is 3. The molecule has 0 saturated carbocycles. The third-order valence-corrected chi connectivity index (χ3v) is 7.43. The summed E-state index contributed by atoms with van der Waals surface area (Å²) in [6.45, 7) is 2.60. The molecule has 2 atom stereocenters. The van der Waals surface area contributed by atoms with Crippen molar-refractivity contribution in [3.05, 3.63) is 69.5 Å². The first-order chi connectivity index (χ1) is 17.7. The van der Waals surface area contributed by atoms with Gasteiger partial charge in [0.25, 0.3) is 0 Å². The topological polar surface area (TPSA) is 76.2 Å². The Labute approximate surface area is 225 Å². The third kappa shape index (κ3) is 6.00. The van der Waals surface area contributed by atoms with Gasteiger partial charge < -0.3 is 15.1 Å². The lowest BCUT2D eigenvalue weighted by molar-refractivity contribution is -0.188. The van der Waals surface area contributed by atoms with Crippen molar-refractivity contribution in [1.29, 1.82) is 0 Å². The van der Waals surface area contributed by atoms with Crippen molar-refractivity contribution in [2.75, 3.05) is 20.1 Å². The van der Waals surface area contributed by atoms with Gasteiger partial charge in [-0.25, -0.2) is 19.2 Å². The lowest BCUT2D eigenvalue weighted by Gasteiger charge is -2.54. The molecule has 4 amide bonds. The molecular weight excluding hydrogens is 520 g/mol. The van der Waals surface area contributed by atoms with Crippen molar-refractivity contribution in [2.24, 2.45) is 0 Å². The summed E-state index contributed by atoms with van der Waals surface area (Å²) in [7, 11) is 1.67. The number of nitrogens with one attached hydrogen (secondary N) is 1. The Morgan fingerprint density at radius 1 is 1.08 bits per heavy atom. The van der Waals surface area contributed by atoms with E-state index in [2.05, 4.69) is 5.32 Å². The van der Waals surface area contributed by atoms with Gasteiger partial charge in [0.15, 0.2) is 0 Å². The van der Waals surface area contributed by atoms with Gasteiger partial charge in [0.05, 0.1) is 23.1 Å². The number of hydrogen-bond donors (Lipinski definition) is 1. The number of unbranched alkanes of at least 4 members (excludes halogenated alkanes) is 1. The number of halogens is 3. The summed E-state index contributed by atoms with van der Waals surface area (Å²) in [5.41, 5.74) is 1.54. The lowest BCUT2D eigenvalue weighted by atomic mass is 10.0. The molecule has 0 radical (unpaired) electrons. The molecule has 8 nitrogen and oxygen atoms in total. The minimum Gasteiger partial charge on any atom is -0.333 e. The minimum absolute atomic E-state index is 0.0246. The number of hydrazine groups is 1. The van der Waals surface area contributed by atoms with Gasteiger partial charge in [-0.05, 0) is 41.8 Å². The summed E-state index contributed by atoms with van der Waals surface area (Å²) >= 11 is 12.3. The number of likely N-dealkylation sites (N-methyl/N-ethyl adjacent to an activating group) is 1. The number of urea groups is 1. The third-order valence-electron chi connectivity index (χ3n) is 6.69. The first-order valence-electron chi connectivity index (χ1n) is 12.3. The Morgan fingerprint density at radius 3 is 2.46 bits per heavy atom. The van der Waals surface area contributed by atoms with Crippen LogP contribution in [0.2, 0.25) is 10.0 Å². The number of hydrogen-bond acceptors (Lipinski definition) is 4. The van der Waals surface area contributed by atoms with Gasteiger partial charge in [0.1, 0.15) is 18.0 Å². The van der Waals surface area contributed by atoms with Crippen molar-refractivity contribution >= 4 is 41.0 Å². The van der Waals surface area contributed by atoms with Gasteiger partial charge in [-0.1, -0.05) is 61.2 Å². The highest BCUT2D eigenvalue weighted by atomic mass is 35.5. The maximum atomic E-state index is 13.6. The molecular formula is C26H30Cl2FN5O3. The zero-order valence-electron chi connectivity index (χ0n) is 20.8. The summed E-state index contributed by atoms with van der Waals surface area (Å²) in [6, 6.07) is 10.00. The molecule has 2 aliphatic rings. The van der Waals surface area contributed by atoms with Crippen LogP contribution in [0.4, 0.5) is 9.18 Å². The van der Waals surface area contributed by atoms with Crippen LogP contribution in [-0.2, 0) is 22.7 Å². The fourth-order valence-corrected chi connectivity index (χ4v) is 5.16. The van der Waals surface area contributed by atoms with Crippen molar-refractivity contribution in [3.8, 4) is 0 Å². The zero-order chi connectivity index (χ0) is 26.7. The van der Waals surface area contributed by atoms with E-state index in [1.165, 1.54) is 17.1 Å². The SMILES string of the molecule is CCCC[C@H]1C(=O)N(Cc2ccc(Cl)c(Cl)c2)CC2N1C(=O)CN(C)N2C(=O)NCc1ccc(F)cc1. The molecule has 2 saturated heterocycles. The normalized spacial score (nSPS) is 20.3. The Balaban J connectivity index is 1.60. The predicted molar refractivity (Wildman–Crippen MR) is 139 cm³/mol. The zero-order valence-corrected chi connectivity index (χ0v) is 22.3. The number of piperazine rings is 1. The van der Waals surface area contributed by atoms with Crippen LogP contribution < -0.4 is 5.32 Å². The molecule has 2 heterocycles. The first kappa shape index (κ1) is 27.2. The van der Waals surface area contributed by atoms with Gasteiger partial charge in [-0.3, -0.25) is 9.59 Å². The van der Waals surface area contributed by atoms with Crippen molar-refractivity contribution in [1.82, 2.24) is 25.1 Å². The molecule has 11 heteroatoms. The summed E-state index contributed by atoms with van der Waals surface area (Å²) in [5, 5.41) is 6.75. The van der Waals surface area contributed by atoms with Gasteiger partial charge in [-0.2, -0.15) is 0 Å². The molecule has 198 valence electrons. The highest BCUT2D eigenvalue weighted by Crippen LogP contribution is 2.30. The average Bonchev–Trinajstić information content (AvgIpc) is 2.86. The first-order valence-corrected chi connectivity index (χ1v) is 13.0. The smallest absolute Gasteiger partial charge is 0.333 e. The van der Waals surface area contributed by atoms with E-state index in [1.54, 1.807) is 52.2 Å².